The largest absolute Gasteiger partial charge is 0.407 e. The molecule has 36 heavy (non-hydrogen) atoms. The number of carbonyl (C=O) groups is 1. The second-order valence-electron chi connectivity index (χ2n) is 10.0. The lowest BCUT2D eigenvalue weighted by Crippen LogP contribution is -2.53. The van der Waals surface area contributed by atoms with E-state index in [1.54, 1.807) is 24.3 Å². The highest BCUT2D eigenvalue weighted by molar-refractivity contribution is 7.85. The van der Waals surface area contributed by atoms with Gasteiger partial charge < -0.3 is 5.32 Å². The Morgan fingerprint density at radius 1 is 1.11 bits per heavy atom. The summed E-state index contributed by atoms with van der Waals surface area (Å²) in [5.41, 5.74) is -0.657. The second kappa shape index (κ2) is 9.60. The van der Waals surface area contributed by atoms with Crippen molar-refractivity contribution in [1.29, 1.82) is 5.26 Å². The minimum absolute atomic E-state index is 0.121. The van der Waals surface area contributed by atoms with E-state index in [0.29, 0.717) is 30.6 Å². The van der Waals surface area contributed by atoms with Gasteiger partial charge in [0.15, 0.2) is 0 Å². The molecule has 0 spiro atoms. The molecular weight excluding hydrogens is 494 g/mol. The Balaban J connectivity index is 1.58. The fourth-order valence-electron chi connectivity index (χ4n) is 4.36. The Morgan fingerprint density at radius 3 is 2.31 bits per heavy atom. The first-order valence-electron chi connectivity index (χ1n) is 11.7. The molecule has 1 amide bonds. The van der Waals surface area contributed by atoms with Crippen LogP contribution >= 0.6 is 0 Å². The van der Waals surface area contributed by atoms with Gasteiger partial charge in [-0.25, -0.2) is 4.39 Å². The molecule has 1 aliphatic heterocycles. The van der Waals surface area contributed by atoms with Gasteiger partial charge in [0.05, 0.1) is 22.9 Å². The molecule has 1 heterocycles. The zero-order chi connectivity index (χ0) is 26.3. The number of benzene rings is 2. The summed E-state index contributed by atoms with van der Waals surface area (Å²) in [6.45, 7) is 2.38. The maximum Gasteiger partial charge on any atom is 0.407 e. The molecule has 2 aliphatic rings. The molecule has 2 aromatic carbocycles. The van der Waals surface area contributed by atoms with E-state index in [4.69, 9.17) is 0 Å². The minimum atomic E-state index is -4.76. The molecule has 1 saturated carbocycles. The molecule has 0 radical (unpaired) electrons. The molecular formula is C26H27F4N3O2S. The van der Waals surface area contributed by atoms with Gasteiger partial charge in [0.1, 0.15) is 17.2 Å². The van der Waals surface area contributed by atoms with Gasteiger partial charge in [0.2, 0.25) is 5.91 Å². The number of nitriles is 1. The van der Waals surface area contributed by atoms with E-state index in [-0.39, 0.29) is 5.56 Å². The second-order valence-corrected chi connectivity index (χ2v) is 11.6. The maximum absolute atomic E-state index is 14.5. The highest BCUT2D eigenvalue weighted by Gasteiger charge is 2.48. The SMILES string of the molecule is CC(C)(F)C[C@H](N[C@@H](c1ccc(-c2ccc3c(c2)CCS3=O)cc1)C(F)(F)F)C(=O)NC1(C#N)CC1. The number of hydrogen-bond acceptors (Lipinski definition) is 4. The summed E-state index contributed by atoms with van der Waals surface area (Å²) in [6.07, 6.45) is -3.75. The number of nitrogens with zero attached hydrogens (tertiary/aromatic N) is 1. The third-order valence-corrected chi connectivity index (χ3v) is 7.93. The number of amides is 1. The summed E-state index contributed by atoms with van der Waals surface area (Å²) in [5.74, 6) is -0.266. The zero-order valence-corrected chi connectivity index (χ0v) is 20.7. The molecule has 2 N–H and O–H groups in total. The number of hydrogen-bond donors (Lipinski definition) is 2. The predicted octanol–water partition coefficient (Wildman–Crippen LogP) is 4.89. The van der Waals surface area contributed by atoms with Crippen LogP contribution < -0.4 is 10.6 Å². The van der Waals surface area contributed by atoms with Crippen molar-refractivity contribution in [1.82, 2.24) is 10.6 Å². The van der Waals surface area contributed by atoms with Crippen LogP contribution in [0.25, 0.3) is 11.1 Å². The average molecular weight is 522 g/mol. The molecule has 0 saturated heterocycles. The lowest BCUT2D eigenvalue weighted by Gasteiger charge is -2.30. The van der Waals surface area contributed by atoms with Crippen molar-refractivity contribution < 1.29 is 26.6 Å². The molecule has 192 valence electrons. The Labute approximate surface area is 209 Å². The molecule has 1 fully saturated rings. The van der Waals surface area contributed by atoms with Gasteiger partial charge in [0, 0.05) is 17.1 Å². The monoisotopic (exact) mass is 521 g/mol. The van der Waals surface area contributed by atoms with E-state index in [9.17, 15) is 31.8 Å². The third-order valence-electron chi connectivity index (χ3n) is 6.47. The van der Waals surface area contributed by atoms with E-state index in [2.05, 4.69) is 10.6 Å². The average Bonchev–Trinajstić information content (AvgIpc) is 3.48. The number of nitrogens with one attached hydrogen (secondary N) is 2. The van der Waals surface area contributed by atoms with Crippen molar-refractivity contribution in [3.8, 4) is 17.2 Å². The van der Waals surface area contributed by atoms with Gasteiger partial charge in [-0.05, 0) is 67.5 Å². The van der Waals surface area contributed by atoms with Crippen molar-refractivity contribution >= 4 is 16.7 Å². The number of alkyl halides is 4. The van der Waals surface area contributed by atoms with Gasteiger partial charge >= 0.3 is 6.18 Å². The number of halogens is 4. The quantitative estimate of drug-likeness (QED) is 0.485. The molecule has 5 nitrogen and oxygen atoms in total. The van der Waals surface area contributed by atoms with Crippen LogP contribution in [0.1, 0.15) is 50.3 Å². The van der Waals surface area contributed by atoms with Crippen LogP contribution in [0.3, 0.4) is 0 Å². The first-order valence-corrected chi connectivity index (χ1v) is 13.0. The lowest BCUT2D eigenvalue weighted by molar-refractivity contribution is -0.161. The van der Waals surface area contributed by atoms with Crippen molar-refractivity contribution in [3.63, 3.8) is 0 Å². The van der Waals surface area contributed by atoms with E-state index in [1.165, 1.54) is 26.0 Å². The Hall–Kier alpha value is -2.77. The highest BCUT2D eigenvalue weighted by atomic mass is 32.2. The van der Waals surface area contributed by atoms with Crippen LogP contribution in [0.15, 0.2) is 47.4 Å². The van der Waals surface area contributed by atoms with E-state index in [0.717, 1.165) is 16.0 Å². The van der Waals surface area contributed by atoms with Gasteiger partial charge in [-0.1, -0.05) is 30.3 Å². The number of carbonyl (C=O) groups excluding carboxylic acids is 1. The number of fused-ring (bicyclic) bond motifs is 1. The Morgan fingerprint density at radius 2 is 1.75 bits per heavy atom. The summed E-state index contributed by atoms with van der Waals surface area (Å²) < 4.78 is 68.8. The smallest absolute Gasteiger partial charge is 0.336 e. The van der Waals surface area contributed by atoms with E-state index < -0.39 is 52.6 Å². The van der Waals surface area contributed by atoms with Crippen LogP contribution in [0.5, 0.6) is 0 Å². The first-order chi connectivity index (χ1) is 16.8. The number of rotatable bonds is 8. The van der Waals surface area contributed by atoms with Crippen molar-refractivity contribution in [2.24, 2.45) is 0 Å². The van der Waals surface area contributed by atoms with Crippen LogP contribution in [-0.4, -0.2) is 39.3 Å². The molecule has 1 aliphatic carbocycles. The topological polar surface area (TPSA) is 82.0 Å². The van der Waals surface area contributed by atoms with Crippen LogP contribution in [-0.2, 0) is 22.0 Å². The Bertz CT molecular complexity index is 1210. The van der Waals surface area contributed by atoms with Gasteiger partial charge in [-0.3, -0.25) is 14.3 Å². The molecule has 4 rings (SSSR count). The standard InChI is InChI=1S/C26H27F4N3O2S/c1-24(2,27)14-20(23(34)33-25(15-31)10-11-25)32-22(26(28,29)30)17-5-3-16(4-6-17)18-7-8-21-19(13-18)9-12-36(21)35/h3-8,13,20,22,32H,9-12,14H2,1-2H3,(H,33,34)/t20-,22-,36?/m0/s1. The van der Waals surface area contributed by atoms with Gasteiger partial charge in [-0.15, -0.1) is 0 Å². The first kappa shape index (κ1) is 26.3. The predicted molar refractivity (Wildman–Crippen MR) is 128 cm³/mol. The minimum Gasteiger partial charge on any atom is -0.336 e. The number of aryl methyl sites for hydroxylation is 1. The summed E-state index contributed by atoms with van der Waals surface area (Å²) in [6, 6.07) is 9.52. The van der Waals surface area contributed by atoms with Crippen molar-refractivity contribution in [2.75, 3.05) is 5.75 Å². The van der Waals surface area contributed by atoms with Crippen LogP contribution in [0.4, 0.5) is 17.6 Å². The lowest BCUT2D eigenvalue weighted by atomic mass is 9.96. The normalized spacial score (nSPS) is 20.2. The summed E-state index contributed by atoms with van der Waals surface area (Å²) >= 11 is 0. The fourth-order valence-corrected chi connectivity index (χ4v) is 5.66. The zero-order valence-electron chi connectivity index (χ0n) is 19.9. The molecule has 3 atom stereocenters. The summed E-state index contributed by atoms with van der Waals surface area (Å²) in [5, 5.41) is 14.0. The van der Waals surface area contributed by atoms with Gasteiger partial charge in [-0.2, -0.15) is 18.4 Å². The summed E-state index contributed by atoms with van der Waals surface area (Å²) in [4.78, 5) is 13.6. The molecule has 0 aromatic heterocycles. The Kier molecular flexibility index (Phi) is 7.01. The molecule has 2 aromatic rings. The van der Waals surface area contributed by atoms with E-state index >= 15 is 0 Å². The molecule has 10 heteroatoms. The maximum atomic E-state index is 14.5. The van der Waals surface area contributed by atoms with Crippen molar-refractivity contribution in [2.45, 2.75) is 73.9 Å². The van der Waals surface area contributed by atoms with Crippen LogP contribution in [0, 0.1) is 11.3 Å². The third kappa shape index (κ3) is 5.95. The molecule has 1 unspecified atom stereocenters. The highest BCUT2D eigenvalue weighted by Crippen LogP contribution is 2.37. The molecule has 0 bridgehead atoms. The summed E-state index contributed by atoms with van der Waals surface area (Å²) in [7, 11) is -1.01. The van der Waals surface area contributed by atoms with E-state index in [1.807, 2.05) is 12.1 Å². The van der Waals surface area contributed by atoms with Gasteiger partial charge in [0.25, 0.3) is 0 Å². The fraction of sp³-hybridized carbons (Fsp3) is 0.462. The van der Waals surface area contributed by atoms with Crippen molar-refractivity contribution in [3.05, 3.63) is 53.6 Å². The van der Waals surface area contributed by atoms with Crippen LogP contribution in [0.2, 0.25) is 0 Å².